The molecule has 0 saturated heterocycles. The Morgan fingerprint density at radius 3 is 2.77 bits per heavy atom. The lowest BCUT2D eigenvalue weighted by atomic mass is 10.0. The van der Waals surface area contributed by atoms with Gasteiger partial charge in [-0.3, -0.25) is 5.10 Å². The number of nitrogens with one attached hydrogen (secondary N) is 1. The molecule has 0 radical (unpaired) electrons. The lowest BCUT2D eigenvalue weighted by molar-refractivity contribution is 0.818. The van der Waals surface area contributed by atoms with Crippen molar-refractivity contribution in [3.8, 4) is 0 Å². The zero-order valence-corrected chi connectivity index (χ0v) is 8.26. The van der Waals surface area contributed by atoms with Gasteiger partial charge in [0.1, 0.15) is 0 Å². The largest absolute Gasteiger partial charge is 0.278 e. The van der Waals surface area contributed by atoms with Gasteiger partial charge in [-0.2, -0.15) is 5.10 Å². The quantitative estimate of drug-likeness (QED) is 0.707. The van der Waals surface area contributed by atoms with Crippen LogP contribution < -0.4 is 0 Å². The Hall–Kier alpha value is -1.31. The van der Waals surface area contributed by atoms with E-state index in [4.69, 9.17) is 0 Å². The summed E-state index contributed by atoms with van der Waals surface area (Å²) in [5, 5.41) is 8.62. The Bertz CT molecular complexity index is 427. The fourth-order valence-electron chi connectivity index (χ4n) is 1.59. The number of H-pyrrole nitrogens is 1. The lowest BCUT2D eigenvalue weighted by Gasteiger charge is -2.00. The molecule has 2 heteroatoms. The van der Waals surface area contributed by atoms with E-state index in [2.05, 4.69) is 49.2 Å². The molecule has 0 aliphatic heterocycles. The van der Waals surface area contributed by atoms with E-state index in [1.807, 2.05) is 0 Å². The fourth-order valence-corrected chi connectivity index (χ4v) is 1.59. The normalized spacial score (nSPS) is 11.4. The van der Waals surface area contributed by atoms with E-state index in [0.717, 1.165) is 5.52 Å². The molecule has 68 valence electrons. The molecular formula is C11H14N2. The van der Waals surface area contributed by atoms with Gasteiger partial charge in [-0.05, 0) is 25.0 Å². The summed E-state index contributed by atoms with van der Waals surface area (Å²) < 4.78 is 0. The van der Waals surface area contributed by atoms with Crippen LogP contribution in [0.3, 0.4) is 0 Å². The molecule has 2 nitrogen and oxygen atoms in total. The van der Waals surface area contributed by atoms with E-state index in [9.17, 15) is 0 Å². The highest BCUT2D eigenvalue weighted by atomic mass is 15.1. The van der Waals surface area contributed by atoms with E-state index in [0.29, 0.717) is 5.92 Å². The Kier molecular flexibility index (Phi) is 1.83. The summed E-state index contributed by atoms with van der Waals surface area (Å²) >= 11 is 0. The third kappa shape index (κ3) is 1.32. The Balaban J connectivity index is 2.71. The number of hydrogen-bond acceptors (Lipinski definition) is 1. The summed E-state index contributed by atoms with van der Waals surface area (Å²) in [5.41, 5.74) is 3.59. The zero-order chi connectivity index (χ0) is 9.42. The first kappa shape index (κ1) is 8.30. The zero-order valence-electron chi connectivity index (χ0n) is 8.26. The van der Waals surface area contributed by atoms with E-state index >= 15 is 0 Å². The highest BCUT2D eigenvalue weighted by Crippen LogP contribution is 2.23. The SMILES string of the molecule is Cc1ccc2[nH]nc(C(C)C)c2c1. The van der Waals surface area contributed by atoms with Crippen LogP contribution in [0.5, 0.6) is 0 Å². The number of hydrogen-bond donors (Lipinski definition) is 1. The average molecular weight is 174 g/mol. The van der Waals surface area contributed by atoms with Gasteiger partial charge in [0.2, 0.25) is 0 Å². The summed E-state index contributed by atoms with van der Waals surface area (Å²) in [6, 6.07) is 6.38. The van der Waals surface area contributed by atoms with Crippen molar-refractivity contribution in [1.82, 2.24) is 10.2 Å². The van der Waals surface area contributed by atoms with Gasteiger partial charge in [0.05, 0.1) is 11.2 Å². The predicted octanol–water partition coefficient (Wildman–Crippen LogP) is 2.99. The molecule has 2 rings (SSSR count). The molecule has 13 heavy (non-hydrogen) atoms. The van der Waals surface area contributed by atoms with Crippen LogP contribution in [-0.2, 0) is 0 Å². The molecule has 1 aromatic carbocycles. The van der Waals surface area contributed by atoms with Gasteiger partial charge in [-0.1, -0.05) is 25.5 Å². The van der Waals surface area contributed by atoms with Crippen LogP contribution in [0.4, 0.5) is 0 Å². The van der Waals surface area contributed by atoms with Crippen LogP contribution in [0.25, 0.3) is 10.9 Å². The van der Waals surface area contributed by atoms with Crippen LogP contribution in [0, 0.1) is 6.92 Å². The van der Waals surface area contributed by atoms with Crippen molar-refractivity contribution in [1.29, 1.82) is 0 Å². The minimum absolute atomic E-state index is 0.482. The lowest BCUT2D eigenvalue weighted by Crippen LogP contribution is -1.87. The molecule has 0 aliphatic rings. The van der Waals surface area contributed by atoms with Gasteiger partial charge < -0.3 is 0 Å². The average Bonchev–Trinajstić information content (AvgIpc) is 2.46. The monoisotopic (exact) mass is 174 g/mol. The number of aryl methyl sites for hydroxylation is 1. The van der Waals surface area contributed by atoms with Crippen LogP contribution in [0.1, 0.15) is 31.0 Å². The van der Waals surface area contributed by atoms with Crippen LogP contribution in [0.2, 0.25) is 0 Å². The topological polar surface area (TPSA) is 28.7 Å². The first-order chi connectivity index (χ1) is 6.18. The van der Waals surface area contributed by atoms with Gasteiger partial charge in [0.15, 0.2) is 0 Å². The van der Waals surface area contributed by atoms with Crippen molar-refractivity contribution in [2.45, 2.75) is 26.7 Å². The van der Waals surface area contributed by atoms with Gasteiger partial charge in [0, 0.05) is 5.39 Å². The Morgan fingerprint density at radius 1 is 1.31 bits per heavy atom. The molecule has 0 spiro atoms. The summed E-state index contributed by atoms with van der Waals surface area (Å²) in [4.78, 5) is 0. The van der Waals surface area contributed by atoms with E-state index in [1.54, 1.807) is 0 Å². The maximum atomic E-state index is 4.31. The molecule has 0 aliphatic carbocycles. The van der Waals surface area contributed by atoms with Crippen molar-refractivity contribution >= 4 is 10.9 Å². The van der Waals surface area contributed by atoms with Gasteiger partial charge >= 0.3 is 0 Å². The molecule has 2 aromatic rings. The van der Waals surface area contributed by atoms with Crippen molar-refractivity contribution in [2.24, 2.45) is 0 Å². The third-order valence-corrected chi connectivity index (χ3v) is 2.29. The van der Waals surface area contributed by atoms with Gasteiger partial charge in [0.25, 0.3) is 0 Å². The maximum absolute atomic E-state index is 4.31. The molecule has 0 bridgehead atoms. The fraction of sp³-hybridized carbons (Fsp3) is 0.364. The summed E-state index contributed by atoms with van der Waals surface area (Å²) in [6.45, 7) is 6.44. The first-order valence-electron chi connectivity index (χ1n) is 4.63. The standard InChI is InChI=1S/C11H14N2/c1-7(2)11-9-6-8(3)4-5-10(9)12-13-11/h4-7H,1-3H3,(H,12,13). The second-order valence-electron chi connectivity index (χ2n) is 3.81. The third-order valence-electron chi connectivity index (χ3n) is 2.29. The second kappa shape index (κ2) is 2.87. The minimum atomic E-state index is 0.482. The van der Waals surface area contributed by atoms with Crippen LogP contribution in [-0.4, -0.2) is 10.2 Å². The number of benzene rings is 1. The summed E-state index contributed by atoms with van der Waals surface area (Å²) in [7, 11) is 0. The Morgan fingerprint density at radius 2 is 2.08 bits per heavy atom. The molecule has 0 saturated carbocycles. The smallest absolute Gasteiger partial charge is 0.0726 e. The first-order valence-corrected chi connectivity index (χ1v) is 4.63. The van der Waals surface area contributed by atoms with E-state index in [-0.39, 0.29) is 0 Å². The summed E-state index contributed by atoms with van der Waals surface area (Å²) in [6.07, 6.45) is 0. The second-order valence-corrected chi connectivity index (χ2v) is 3.81. The molecule has 0 unspecified atom stereocenters. The van der Waals surface area contributed by atoms with E-state index in [1.165, 1.54) is 16.6 Å². The highest BCUT2D eigenvalue weighted by molar-refractivity contribution is 5.82. The molecule has 0 atom stereocenters. The minimum Gasteiger partial charge on any atom is -0.278 e. The number of fused-ring (bicyclic) bond motifs is 1. The van der Waals surface area contributed by atoms with Crippen molar-refractivity contribution in [2.75, 3.05) is 0 Å². The van der Waals surface area contributed by atoms with Crippen LogP contribution in [0.15, 0.2) is 18.2 Å². The van der Waals surface area contributed by atoms with Crippen molar-refractivity contribution in [3.63, 3.8) is 0 Å². The van der Waals surface area contributed by atoms with Crippen molar-refractivity contribution in [3.05, 3.63) is 29.5 Å². The van der Waals surface area contributed by atoms with Crippen molar-refractivity contribution < 1.29 is 0 Å². The maximum Gasteiger partial charge on any atom is 0.0726 e. The summed E-state index contributed by atoms with van der Waals surface area (Å²) in [5.74, 6) is 0.482. The molecule has 0 fully saturated rings. The van der Waals surface area contributed by atoms with E-state index < -0.39 is 0 Å². The predicted molar refractivity (Wildman–Crippen MR) is 54.9 cm³/mol. The van der Waals surface area contributed by atoms with Gasteiger partial charge in [-0.25, -0.2) is 0 Å². The van der Waals surface area contributed by atoms with Crippen LogP contribution >= 0.6 is 0 Å². The molecule has 1 N–H and O–H groups in total. The number of nitrogens with zero attached hydrogens (tertiary/aromatic N) is 1. The molecule has 0 amide bonds. The molecule has 1 heterocycles. The van der Waals surface area contributed by atoms with Gasteiger partial charge in [-0.15, -0.1) is 0 Å². The number of aromatic amines is 1. The molecular weight excluding hydrogens is 160 g/mol. The highest BCUT2D eigenvalue weighted by Gasteiger charge is 2.08. The number of aromatic nitrogens is 2. The number of rotatable bonds is 1. The Labute approximate surface area is 78.0 Å². The molecule has 1 aromatic heterocycles.